The number of anilines is 1. The van der Waals surface area contributed by atoms with Gasteiger partial charge < -0.3 is 9.80 Å². The van der Waals surface area contributed by atoms with Gasteiger partial charge in [0.05, 0.1) is 27.0 Å². The first-order valence-corrected chi connectivity index (χ1v) is 11.2. The highest BCUT2D eigenvalue weighted by atomic mass is 32.1. The number of rotatable bonds is 3. The molecule has 2 aromatic heterocycles. The fourth-order valence-electron chi connectivity index (χ4n) is 4.51. The van der Waals surface area contributed by atoms with Gasteiger partial charge in [-0.05, 0) is 17.7 Å². The van der Waals surface area contributed by atoms with E-state index in [0.29, 0.717) is 12.1 Å². The normalized spacial score (nSPS) is 19.4. The molecule has 8 heteroatoms. The van der Waals surface area contributed by atoms with Gasteiger partial charge in [0.1, 0.15) is 0 Å². The summed E-state index contributed by atoms with van der Waals surface area (Å²) in [6.07, 6.45) is 1.72. The lowest BCUT2D eigenvalue weighted by Gasteiger charge is -2.38. The van der Waals surface area contributed by atoms with Crippen molar-refractivity contribution < 1.29 is 4.79 Å². The zero-order valence-electron chi connectivity index (χ0n) is 17.6. The Morgan fingerprint density at radius 3 is 2.73 bits per heavy atom. The van der Waals surface area contributed by atoms with E-state index in [9.17, 15) is 4.79 Å². The van der Waals surface area contributed by atoms with Crippen molar-refractivity contribution in [2.75, 3.05) is 44.7 Å². The minimum atomic E-state index is -0.175. The molecule has 156 valence electrons. The summed E-state index contributed by atoms with van der Waals surface area (Å²) in [4.78, 5) is 32.8. The quantitative estimate of drug-likeness (QED) is 0.647. The maximum Gasteiger partial charge on any atom is 0.257 e. The maximum atomic E-state index is 12.5. The van der Waals surface area contributed by atoms with Gasteiger partial charge in [0.15, 0.2) is 0 Å². The van der Waals surface area contributed by atoms with Crippen LogP contribution < -0.4 is 4.90 Å². The fourth-order valence-corrected chi connectivity index (χ4v) is 5.17. The van der Waals surface area contributed by atoms with E-state index in [4.69, 9.17) is 4.98 Å². The second kappa shape index (κ2) is 7.28. The lowest BCUT2D eigenvalue weighted by atomic mass is 9.82. The van der Waals surface area contributed by atoms with Crippen LogP contribution in [0.1, 0.15) is 35.5 Å². The second-order valence-corrected chi connectivity index (χ2v) is 9.78. The monoisotopic (exact) mass is 422 g/mol. The largest absolute Gasteiger partial charge is 0.341 e. The van der Waals surface area contributed by atoms with Crippen LogP contribution in [0.3, 0.4) is 0 Å². The number of benzene rings is 1. The first-order chi connectivity index (χ1) is 14.4. The third-order valence-electron chi connectivity index (χ3n) is 6.08. The summed E-state index contributed by atoms with van der Waals surface area (Å²) >= 11 is 1.68. The average Bonchev–Trinajstić information content (AvgIpc) is 3.20. The third-order valence-corrected chi connectivity index (χ3v) is 6.89. The highest BCUT2D eigenvalue weighted by Gasteiger charge is 2.37. The lowest BCUT2D eigenvalue weighted by Crippen LogP contribution is -2.48. The Balaban J connectivity index is 1.28. The molecule has 3 aromatic rings. The van der Waals surface area contributed by atoms with E-state index in [0.717, 1.165) is 49.9 Å². The molecule has 1 fully saturated rings. The molecule has 30 heavy (non-hydrogen) atoms. The van der Waals surface area contributed by atoms with Gasteiger partial charge in [-0.2, -0.15) is 0 Å². The van der Waals surface area contributed by atoms with Crippen LogP contribution in [0.2, 0.25) is 0 Å². The second-order valence-electron chi connectivity index (χ2n) is 8.90. The number of nitrogens with zero attached hydrogens (tertiary/aromatic N) is 6. The summed E-state index contributed by atoms with van der Waals surface area (Å²) in [5, 5.41) is 0. The van der Waals surface area contributed by atoms with E-state index in [1.54, 1.807) is 22.4 Å². The van der Waals surface area contributed by atoms with Gasteiger partial charge >= 0.3 is 0 Å². The third kappa shape index (κ3) is 3.44. The first kappa shape index (κ1) is 19.4. The van der Waals surface area contributed by atoms with Crippen LogP contribution in [0, 0.1) is 0 Å². The van der Waals surface area contributed by atoms with Crippen LogP contribution in [0.5, 0.6) is 0 Å². The average molecular weight is 423 g/mol. The van der Waals surface area contributed by atoms with Crippen molar-refractivity contribution >= 4 is 33.4 Å². The number of amides is 1. The Bertz CT molecular complexity index is 1100. The molecule has 0 radical (unpaired) electrons. The summed E-state index contributed by atoms with van der Waals surface area (Å²) in [6, 6.07) is 6.57. The number of likely N-dealkylation sites (N-methyl/N-ethyl adjacent to an activating group) is 1. The lowest BCUT2D eigenvalue weighted by molar-refractivity contribution is 0.0733. The number of hydrogen-bond donors (Lipinski definition) is 0. The highest BCUT2D eigenvalue weighted by molar-refractivity contribution is 7.16. The van der Waals surface area contributed by atoms with Crippen molar-refractivity contribution in [3.8, 4) is 0 Å². The van der Waals surface area contributed by atoms with Gasteiger partial charge in [-0.25, -0.2) is 15.0 Å². The summed E-state index contributed by atoms with van der Waals surface area (Å²) < 4.78 is 1.24. The molecule has 2 aliphatic heterocycles. The molecule has 1 aromatic carbocycles. The van der Waals surface area contributed by atoms with E-state index in [1.165, 1.54) is 10.3 Å². The Hall–Kier alpha value is -2.58. The van der Waals surface area contributed by atoms with Crippen molar-refractivity contribution in [1.29, 1.82) is 0 Å². The molecule has 2 aliphatic rings. The molecule has 1 saturated heterocycles. The first-order valence-electron chi connectivity index (χ1n) is 10.3. The number of thiazole rings is 1. The minimum absolute atomic E-state index is 0.0118. The Kier molecular flexibility index (Phi) is 4.71. The van der Waals surface area contributed by atoms with Crippen LogP contribution in [0.4, 0.5) is 5.95 Å². The van der Waals surface area contributed by atoms with Crippen molar-refractivity contribution in [2.45, 2.75) is 25.8 Å². The van der Waals surface area contributed by atoms with Gasteiger partial charge in [-0.3, -0.25) is 9.69 Å². The van der Waals surface area contributed by atoms with E-state index in [-0.39, 0.29) is 11.3 Å². The molecule has 5 rings (SSSR count). The zero-order chi connectivity index (χ0) is 20.9. The van der Waals surface area contributed by atoms with Crippen LogP contribution in [0.15, 0.2) is 29.9 Å². The van der Waals surface area contributed by atoms with E-state index < -0.39 is 0 Å². The smallest absolute Gasteiger partial charge is 0.257 e. The molecule has 0 aliphatic carbocycles. The molecule has 0 spiro atoms. The topological polar surface area (TPSA) is 65.5 Å². The minimum Gasteiger partial charge on any atom is -0.341 e. The van der Waals surface area contributed by atoms with E-state index >= 15 is 0 Å². The molecule has 7 nitrogen and oxygen atoms in total. The summed E-state index contributed by atoms with van der Waals surface area (Å²) in [5.41, 5.74) is 5.62. The molecular formula is C22H26N6OS. The molecule has 0 N–H and O–H groups in total. The Morgan fingerprint density at radius 2 is 1.93 bits per heavy atom. The molecule has 0 unspecified atom stereocenters. The SMILES string of the molecule is CN1CC(C)(C)c2nc(N3CCN(Cc4ccc5scnc5c4)CC3)ncc2C1=O. The standard InChI is InChI=1S/C22H26N6OS/c1-22(2)13-26(3)20(29)16-11-23-21(25-19(16)22)28-8-6-27(7-9-28)12-15-4-5-18-17(10-15)24-14-30-18/h4-5,10-11,14H,6-9,12-13H2,1-3H3. The number of fused-ring (bicyclic) bond motifs is 2. The van der Waals surface area contributed by atoms with E-state index in [2.05, 4.69) is 51.8 Å². The van der Waals surface area contributed by atoms with Gasteiger partial charge in [0.25, 0.3) is 5.91 Å². The molecular weight excluding hydrogens is 396 g/mol. The van der Waals surface area contributed by atoms with Crippen molar-refractivity contribution in [3.05, 3.63) is 46.7 Å². The number of piperazine rings is 1. The van der Waals surface area contributed by atoms with Crippen molar-refractivity contribution in [2.24, 2.45) is 0 Å². The summed E-state index contributed by atoms with van der Waals surface area (Å²) in [5.74, 6) is 0.750. The van der Waals surface area contributed by atoms with E-state index in [1.807, 2.05) is 12.6 Å². The fraction of sp³-hybridized carbons (Fsp3) is 0.455. The van der Waals surface area contributed by atoms with Crippen LogP contribution in [-0.2, 0) is 12.0 Å². The number of carbonyl (C=O) groups is 1. The van der Waals surface area contributed by atoms with Crippen LogP contribution in [-0.4, -0.2) is 70.4 Å². The summed E-state index contributed by atoms with van der Waals surface area (Å²) in [7, 11) is 1.84. The van der Waals surface area contributed by atoms with Crippen molar-refractivity contribution in [3.63, 3.8) is 0 Å². The van der Waals surface area contributed by atoms with Crippen LogP contribution in [0.25, 0.3) is 10.2 Å². The maximum absolute atomic E-state index is 12.5. The molecule has 0 atom stereocenters. The highest BCUT2D eigenvalue weighted by Crippen LogP contribution is 2.32. The predicted molar refractivity (Wildman–Crippen MR) is 119 cm³/mol. The molecule has 1 amide bonds. The Labute approximate surface area is 180 Å². The van der Waals surface area contributed by atoms with Gasteiger partial charge in [0, 0.05) is 57.9 Å². The zero-order valence-corrected chi connectivity index (χ0v) is 18.4. The molecule has 0 bridgehead atoms. The summed E-state index contributed by atoms with van der Waals surface area (Å²) in [6.45, 7) is 9.57. The van der Waals surface area contributed by atoms with Crippen LogP contribution >= 0.6 is 11.3 Å². The van der Waals surface area contributed by atoms with Gasteiger partial charge in [-0.1, -0.05) is 19.9 Å². The molecule has 0 saturated carbocycles. The number of aromatic nitrogens is 3. The predicted octanol–water partition coefficient (Wildman–Crippen LogP) is 2.77. The van der Waals surface area contributed by atoms with Crippen molar-refractivity contribution in [1.82, 2.24) is 24.8 Å². The Morgan fingerprint density at radius 1 is 1.13 bits per heavy atom. The number of carbonyl (C=O) groups excluding carboxylic acids is 1. The molecule has 4 heterocycles. The van der Waals surface area contributed by atoms with Gasteiger partial charge in [-0.15, -0.1) is 11.3 Å². The van der Waals surface area contributed by atoms with Gasteiger partial charge in [0.2, 0.25) is 5.95 Å². The number of hydrogen-bond acceptors (Lipinski definition) is 7.